The van der Waals surface area contributed by atoms with Gasteiger partial charge in [-0.25, -0.2) is 0 Å². The van der Waals surface area contributed by atoms with E-state index in [2.05, 4.69) is 5.32 Å². The van der Waals surface area contributed by atoms with Crippen molar-refractivity contribution in [2.24, 2.45) is 0 Å². The molecule has 2 aromatic carbocycles. The molecule has 0 fully saturated rings. The molecule has 4 rings (SSSR count). The molecule has 1 aliphatic rings. The molecule has 0 spiro atoms. The first-order chi connectivity index (χ1) is 13.8. The monoisotopic (exact) mass is 392 g/mol. The fourth-order valence-electron chi connectivity index (χ4n) is 2.98. The zero-order valence-corrected chi connectivity index (χ0v) is 14.6. The van der Waals surface area contributed by atoms with Crippen molar-refractivity contribution < 1.29 is 19.2 Å². The number of nitro benzene ring substituents is 1. The fourth-order valence-corrected chi connectivity index (χ4v) is 2.98. The van der Waals surface area contributed by atoms with E-state index in [0.29, 0.717) is 17.2 Å². The number of nitrogens with zero attached hydrogens (tertiary/aromatic N) is 2. The summed E-state index contributed by atoms with van der Waals surface area (Å²) in [5.41, 5.74) is 5.65. The van der Waals surface area contributed by atoms with E-state index in [1.165, 1.54) is 24.3 Å². The molecule has 0 saturated carbocycles. The van der Waals surface area contributed by atoms with Gasteiger partial charge >= 0.3 is 0 Å². The van der Waals surface area contributed by atoms with Crippen LogP contribution in [0.5, 0.6) is 11.5 Å². The number of fused-ring (bicyclic) bond motifs is 1. The molecule has 144 valence electrons. The highest BCUT2D eigenvalue weighted by Crippen LogP contribution is 2.26. The van der Waals surface area contributed by atoms with Gasteiger partial charge in [0.1, 0.15) is 17.3 Å². The van der Waals surface area contributed by atoms with Crippen LogP contribution in [0.3, 0.4) is 0 Å². The smallest absolute Gasteiger partial charge is 0.269 e. The zero-order valence-electron chi connectivity index (χ0n) is 14.6. The summed E-state index contributed by atoms with van der Waals surface area (Å²) in [7, 11) is 0. The van der Waals surface area contributed by atoms with Crippen LogP contribution in [0.25, 0.3) is 5.69 Å². The normalized spacial score (nSPS) is 12.4. The summed E-state index contributed by atoms with van der Waals surface area (Å²) in [5, 5.41) is 12.8. The number of nitrogens with two attached hydrogens (primary N) is 1. The lowest BCUT2D eigenvalue weighted by Crippen LogP contribution is -2.24. The number of hydrogen-bond donors (Lipinski definition) is 2. The molecule has 3 aromatic rings. The maximum absolute atomic E-state index is 12.4. The first-order valence-electron chi connectivity index (χ1n) is 8.29. The summed E-state index contributed by atoms with van der Waals surface area (Å²) >= 11 is 0. The molecule has 29 heavy (non-hydrogen) atoms. The number of nitro groups is 1. The van der Waals surface area contributed by atoms with Gasteiger partial charge in [0.05, 0.1) is 21.7 Å². The van der Waals surface area contributed by atoms with Crippen molar-refractivity contribution in [2.75, 3.05) is 5.73 Å². The van der Waals surface area contributed by atoms with Gasteiger partial charge in [0.2, 0.25) is 0 Å². The number of carbonyl (C=O) groups excluding carboxylic acids is 2. The summed E-state index contributed by atoms with van der Waals surface area (Å²) in [5.74, 6) is -0.641. The van der Waals surface area contributed by atoms with Crippen LogP contribution in [0.4, 0.5) is 11.5 Å². The number of ether oxygens (including phenoxy) is 1. The topological polar surface area (TPSA) is 147 Å². The maximum atomic E-state index is 12.4. The summed E-state index contributed by atoms with van der Waals surface area (Å²) in [6.07, 6.45) is 0. The molecule has 1 aliphatic heterocycles. The number of anilines is 1. The van der Waals surface area contributed by atoms with Crippen molar-refractivity contribution in [3.05, 3.63) is 86.2 Å². The number of benzene rings is 2. The molecule has 10 nitrogen and oxygen atoms in total. The lowest BCUT2D eigenvalue weighted by molar-refractivity contribution is -0.384. The highest BCUT2D eigenvalue weighted by Gasteiger charge is 2.31. The minimum absolute atomic E-state index is 0.0409. The Morgan fingerprint density at radius 2 is 1.52 bits per heavy atom. The number of nitrogen functional groups attached to an aromatic ring is 1. The number of nitrogens with one attached hydrogen (secondary N) is 1. The van der Waals surface area contributed by atoms with Crippen LogP contribution in [0.15, 0.2) is 59.4 Å². The Labute approximate surface area is 162 Å². The molecular weight excluding hydrogens is 380 g/mol. The second kappa shape index (κ2) is 6.60. The van der Waals surface area contributed by atoms with E-state index < -0.39 is 22.3 Å². The minimum atomic E-state index is -0.659. The Balaban J connectivity index is 1.64. The molecule has 2 heterocycles. The predicted molar refractivity (Wildman–Crippen MR) is 101 cm³/mol. The second-order valence-corrected chi connectivity index (χ2v) is 6.12. The molecule has 1 aromatic heterocycles. The molecule has 0 radical (unpaired) electrons. The average molecular weight is 392 g/mol. The van der Waals surface area contributed by atoms with Gasteiger partial charge in [0.25, 0.3) is 23.1 Å². The van der Waals surface area contributed by atoms with E-state index in [1.54, 1.807) is 24.3 Å². The highest BCUT2D eigenvalue weighted by atomic mass is 16.6. The third kappa shape index (κ3) is 3.08. The second-order valence-electron chi connectivity index (χ2n) is 6.12. The van der Waals surface area contributed by atoms with Crippen LogP contribution in [0, 0.1) is 10.1 Å². The van der Waals surface area contributed by atoms with Gasteiger partial charge in [-0.3, -0.25) is 34.4 Å². The molecule has 10 heteroatoms. The van der Waals surface area contributed by atoms with E-state index in [0.717, 1.165) is 10.6 Å². The Hall–Kier alpha value is -4.47. The van der Waals surface area contributed by atoms with Gasteiger partial charge in [-0.15, -0.1) is 0 Å². The number of non-ortho nitro benzene ring substituents is 1. The number of carbonyl (C=O) groups is 2. The van der Waals surface area contributed by atoms with E-state index in [9.17, 15) is 24.5 Å². The standard InChI is InChI=1S/C19H12N4O6/c20-17-16-14(18(25)21-19(16)26)9-15(24)22(17)10-1-5-12(6-2-10)29-13-7-3-11(4-8-13)23(27)28/h1-9H,20H2,(H,21,25,26). The van der Waals surface area contributed by atoms with Crippen LogP contribution in [-0.2, 0) is 0 Å². The molecular formula is C19H12N4O6. The predicted octanol–water partition coefficient (Wildman–Crippen LogP) is 2.00. The molecule has 0 aliphatic carbocycles. The summed E-state index contributed by atoms with van der Waals surface area (Å²) < 4.78 is 6.74. The van der Waals surface area contributed by atoms with Crippen molar-refractivity contribution >= 4 is 23.3 Å². The summed E-state index contributed by atoms with van der Waals surface area (Å²) in [6, 6.07) is 12.9. The number of hydrogen-bond acceptors (Lipinski definition) is 7. The number of amides is 2. The van der Waals surface area contributed by atoms with Gasteiger partial charge in [-0.2, -0.15) is 0 Å². The largest absolute Gasteiger partial charge is 0.457 e. The van der Waals surface area contributed by atoms with E-state index in [1.807, 2.05) is 0 Å². The number of imide groups is 1. The Morgan fingerprint density at radius 1 is 0.931 bits per heavy atom. The Morgan fingerprint density at radius 3 is 2.10 bits per heavy atom. The summed E-state index contributed by atoms with van der Waals surface area (Å²) in [4.78, 5) is 46.2. The quantitative estimate of drug-likeness (QED) is 0.392. The fraction of sp³-hybridized carbons (Fsp3) is 0. The number of pyridine rings is 1. The molecule has 0 unspecified atom stereocenters. The number of aromatic nitrogens is 1. The van der Waals surface area contributed by atoms with E-state index in [4.69, 9.17) is 10.5 Å². The van der Waals surface area contributed by atoms with Crippen LogP contribution in [-0.4, -0.2) is 21.3 Å². The van der Waals surface area contributed by atoms with Crippen molar-refractivity contribution in [1.29, 1.82) is 0 Å². The molecule has 0 bridgehead atoms. The van der Waals surface area contributed by atoms with E-state index >= 15 is 0 Å². The molecule has 0 saturated heterocycles. The Bertz CT molecular complexity index is 1230. The van der Waals surface area contributed by atoms with Gasteiger partial charge in [0.15, 0.2) is 0 Å². The maximum Gasteiger partial charge on any atom is 0.269 e. The third-order valence-corrected chi connectivity index (χ3v) is 4.33. The lowest BCUT2D eigenvalue weighted by Gasteiger charge is -2.12. The van der Waals surface area contributed by atoms with Crippen molar-refractivity contribution in [3.63, 3.8) is 0 Å². The van der Waals surface area contributed by atoms with Gasteiger partial charge < -0.3 is 10.5 Å². The molecule has 3 N–H and O–H groups in total. The van der Waals surface area contributed by atoms with Crippen LogP contribution in [0.1, 0.15) is 20.7 Å². The van der Waals surface area contributed by atoms with Crippen molar-refractivity contribution in [1.82, 2.24) is 9.88 Å². The molecule has 2 amide bonds. The van der Waals surface area contributed by atoms with Gasteiger partial charge in [-0.1, -0.05) is 0 Å². The van der Waals surface area contributed by atoms with E-state index in [-0.39, 0.29) is 22.6 Å². The highest BCUT2D eigenvalue weighted by molar-refractivity contribution is 6.23. The van der Waals surface area contributed by atoms with Crippen molar-refractivity contribution in [3.8, 4) is 17.2 Å². The van der Waals surface area contributed by atoms with Crippen LogP contribution >= 0.6 is 0 Å². The first kappa shape index (κ1) is 17.9. The van der Waals surface area contributed by atoms with Crippen LogP contribution < -0.4 is 21.3 Å². The van der Waals surface area contributed by atoms with Crippen LogP contribution in [0.2, 0.25) is 0 Å². The lowest BCUT2D eigenvalue weighted by atomic mass is 10.1. The molecule has 0 atom stereocenters. The summed E-state index contributed by atoms with van der Waals surface area (Å²) in [6.45, 7) is 0. The first-order valence-corrected chi connectivity index (χ1v) is 8.29. The average Bonchev–Trinajstić information content (AvgIpc) is 2.97. The zero-order chi connectivity index (χ0) is 20.7. The third-order valence-electron chi connectivity index (χ3n) is 4.33. The Kier molecular flexibility index (Phi) is 4.08. The van der Waals surface area contributed by atoms with Gasteiger partial charge in [0, 0.05) is 18.2 Å². The number of rotatable bonds is 4. The van der Waals surface area contributed by atoms with Gasteiger partial charge in [-0.05, 0) is 36.4 Å². The SMILES string of the molecule is Nc1c2c(cc(=O)n1-c1ccc(Oc3ccc([N+](=O)[O-])cc3)cc1)C(=O)NC2=O. The minimum Gasteiger partial charge on any atom is -0.457 e. The van der Waals surface area contributed by atoms with Crippen molar-refractivity contribution in [2.45, 2.75) is 0 Å².